The van der Waals surface area contributed by atoms with E-state index in [0.29, 0.717) is 12.6 Å². The van der Waals surface area contributed by atoms with Gasteiger partial charge in [-0.3, -0.25) is 4.90 Å². The molecule has 0 saturated carbocycles. The molecule has 106 valence electrons. The summed E-state index contributed by atoms with van der Waals surface area (Å²) in [6.45, 7) is 0.490. The van der Waals surface area contributed by atoms with E-state index in [0.717, 1.165) is 11.3 Å². The maximum atomic E-state index is 13.8. The number of nitrogens with two attached hydrogens (primary N) is 1. The first-order chi connectivity index (χ1) is 9.17. The summed E-state index contributed by atoms with van der Waals surface area (Å²) in [5, 5.41) is 0. The Labute approximate surface area is 118 Å². The minimum Gasteiger partial charge on any atom is -0.494 e. The minimum absolute atomic E-state index is 0.0594. The Morgan fingerprint density at radius 2 is 2.37 bits per heavy atom. The smallest absolute Gasteiger partial charge is 0.165 e. The van der Waals surface area contributed by atoms with Crippen LogP contribution in [0.25, 0.3) is 0 Å². The zero-order valence-electron chi connectivity index (χ0n) is 11.4. The van der Waals surface area contributed by atoms with Crippen LogP contribution in [-0.2, 0) is 0 Å². The summed E-state index contributed by atoms with van der Waals surface area (Å²) in [6, 6.07) is 5.70. The van der Waals surface area contributed by atoms with Crippen LogP contribution in [0.15, 0.2) is 18.2 Å². The number of hydrogen-bond donors (Lipinski definition) is 1. The molecule has 0 amide bonds. The van der Waals surface area contributed by atoms with Gasteiger partial charge in [0.25, 0.3) is 0 Å². The van der Waals surface area contributed by atoms with Gasteiger partial charge >= 0.3 is 0 Å². The summed E-state index contributed by atoms with van der Waals surface area (Å²) in [7, 11) is 3.55. The van der Waals surface area contributed by atoms with Crippen LogP contribution in [0.2, 0.25) is 0 Å². The van der Waals surface area contributed by atoms with Crippen LogP contribution < -0.4 is 10.5 Å². The minimum atomic E-state index is -0.326. The number of halogens is 1. The van der Waals surface area contributed by atoms with Crippen molar-refractivity contribution in [1.29, 1.82) is 0 Å². The van der Waals surface area contributed by atoms with Gasteiger partial charge in [-0.05, 0) is 36.9 Å². The van der Waals surface area contributed by atoms with E-state index in [1.54, 1.807) is 6.07 Å². The van der Waals surface area contributed by atoms with Crippen LogP contribution in [-0.4, -0.2) is 43.1 Å². The summed E-state index contributed by atoms with van der Waals surface area (Å²) >= 11 is 1.97. The van der Waals surface area contributed by atoms with Crippen molar-refractivity contribution < 1.29 is 9.13 Å². The molecule has 0 bridgehead atoms. The number of benzene rings is 1. The molecule has 0 aliphatic carbocycles. The van der Waals surface area contributed by atoms with Gasteiger partial charge in [0.15, 0.2) is 11.6 Å². The van der Waals surface area contributed by atoms with Gasteiger partial charge < -0.3 is 10.5 Å². The molecule has 1 aromatic carbocycles. The van der Waals surface area contributed by atoms with Crippen molar-refractivity contribution in [1.82, 2.24) is 4.90 Å². The van der Waals surface area contributed by atoms with E-state index in [1.165, 1.54) is 25.3 Å². The van der Waals surface area contributed by atoms with Gasteiger partial charge in [-0.15, -0.1) is 0 Å². The molecular formula is C14H21FN2OS. The van der Waals surface area contributed by atoms with Crippen LogP contribution in [0.4, 0.5) is 4.39 Å². The first kappa shape index (κ1) is 14.6. The Morgan fingerprint density at radius 1 is 1.58 bits per heavy atom. The maximum Gasteiger partial charge on any atom is 0.165 e. The third kappa shape index (κ3) is 3.22. The van der Waals surface area contributed by atoms with Crippen molar-refractivity contribution in [3.05, 3.63) is 29.6 Å². The molecule has 5 heteroatoms. The lowest BCUT2D eigenvalue weighted by Crippen LogP contribution is -2.38. The molecule has 2 rings (SSSR count). The third-order valence-corrected chi connectivity index (χ3v) is 4.90. The fourth-order valence-corrected chi connectivity index (χ4v) is 3.80. The van der Waals surface area contributed by atoms with Crippen LogP contribution in [0.5, 0.6) is 5.75 Å². The second-order valence-electron chi connectivity index (χ2n) is 4.83. The molecule has 1 aliphatic rings. The average Bonchev–Trinajstić information content (AvgIpc) is 2.93. The Hall–Kier alpha value is -0.780. The molecule has 0 aromatic heterocycles. The van der Waals surface area contributed by atoms with Gasteiger partial charge in [0.1, 0.15) is 0 Å². The second kappa shape index (κ2) is 6.59. The first-order valence-corrected chi connectivity index (χ1v) is 7.66. The summed E-state index contributed by atoms with van der Waals surface area (Å²) in [5.41, 5.74) is 6.81. The van der Waals surface area contributed by atoms with Crippen LogP contribution >= 0.6 is 11.8 Å². The highest BCUT2D eigenvalue weighted by atomic mass is 32.2. The van der Waals surface area contributed by atoms with Crippen LogP contribution in [0, 0.1) is 5.82 Å². The summed E-state index contributed by atoms with van der Waals surface area (Å²) in [4.78, 5) is 2.28. The summed E-state index contributed by atoms with van der Waals surface area (Å²) in [5.74, 6) is 2.28. The molecule has 2 N–H and O–H groups in total. The SMILES string of the molecule is COc1ccc(C(CN)N(C)C2CCSC2)cc1F. The molecule has 1 heterocycles. The number of rotatable bonds is 5. The summed E-state index contributed by atoms with van der Waals surface area (Å²) in [6.07, 6.45) is 1.18. The highest BCUT2D eigenvalue weighted by molar-refractivity contribution is 7.99. The van der Waals surface area contributed by atoms with Gasteiger partial charge in [-0.25, -0.2) is 4.39 Å². The second-order valence-corrected chi connectivity index (χ2v) is 5.98. The monoisotopic (exact) mass is 284 g/mol. The van der Waals surface area contributed by atoms with Gasteiger partial charge in [-0.2, -0.15) is 11.8 Å². The van der Waals surface area contributed by atoms with Crippen molar-refractivity contribution in [2.45, 2.75) is 18.5 Å². The van der Waals surface area contributed by atoms with Crippen molar-refractivity contribution in [2.24, 2.45) is 5.73 Å². The van der Waals surface area contributed by atoms with Crippen LogP contribution in [0.3, 0.4) is 0 Å². The van der Waals surface area contributed by atoms with Crippen LogP contribution in [0.1, 0.15) is 18.0 Å². The normalized spacial score (nSPS) is 20.8. The number of methoxy groups -OCH3 is 1. The molecule has 2 atom stereocenters. The fraction of sp³-hybridized carbons (Fsp3) is 0.571. The Bertz CT molecular complexity index is 424. The van der Waals surface area contributed by atoms with Crippen molar-refractivity contribution >= 4 is 11.8 Å². The molecule has 1 aromatic rings. The van der Waals surface area contributed by atoms with Crippen molar-refractivity contribution in [3.8, 4) is 5.75 Å². The number of hydrogen-bond acceptors (Lipinski definition) is 4. The first-order valence-electron chi connectivity index (χ1n) is 6.50. The number of thioether (sulfide) groups is 1. The molecule has 1 saturated heterocycles. The molecule has 2 unspecified atom stereocenters. The average molecular weight is 284 g/mol. The molecule has 3 nitrogen and oxygen atoms in total. The quantitative estimate of drug-likeness (QED) is 0.900. The highest BCUT2D eigenvalue weighted by Crippen LogP contribution is 2.30. The molecule has 1 fully saturated rings. The van der Waals surface area contributed by atoms with E-state index >= 15 is 0 Å². The predicted molar refractivity (Wildman–Crippen MR) is 78.2 cm³/mol. The lowest BCUT2D eigenvalue weighted by molar-refractivity contribution is 0.192. The van der Waals surface area contributed by atoms with Gasteiger partial charge in [0.05, 0.1) is 7.11 Å². The number of ether oxygens (including phenoxy) is 1. The largest absolute Gasteiger partial charge is 0.494 e. The maximum absolute atomic E-state index is 13.8. The number of nitrogens with zero attached hydrogens (tertiary/aromatic N) is 1. The zero-order valence-corrected chi connectivity index (χ0v) is 12.3. The van der Waals surface area contributed by atoms with E-state index in [9.17, 15) is 4.39 Å². The third-order valence-electron chi connectivity index (χ3n) is 3.76. The predicted octanol–water partition coefficient (Wildman–Crippen LogP) is 2.27. The standard InChI is InChI=1S/C14H21FN2OS/c1-17(11-5-6-19-9-11)13(8-16)10-3-4-14(18-2)12(15)7-10/h3-4,7,11,13H,5-6,8-9,16H2,1-2H3. The van der Waals surface area contributed by atoms with E-state index in [4.69, 9.17) is 10.5 Å². The van der Waals surface area contributed by atoms with Gasteiger partial charge in [0.2, 0.25) is 0 Å². The fourth-order valence-electron chi connectivity index (χ4n) is 2.53. The molecule has 0 spiro atoms. The Kier molecular flexibility index (Phi) is 5.07. The van der Waals surface area contributed by atoms with Crippen molar-refractivity contribution in [3.63, 3.8) is 0 Å². The van der Waals surface area contributed by atoms with Gasteiger partial charge in [0, 0.05) is 24.4 Å². The van der Waals surface area contributed by atoms with E-state index < -0.39 is 0 Å². The zero-order chi connectivity index (χ0) is 13.8. The van der Waals surface area contributed by atoms with E-state index in [2.05, 4.69) is 11.9 Å². The molecule has 1 aliphatic heterocycles. The molecule has 0 radical (unpaired) electrons. The lowest BCUT2D eigenvalue weighted by atomic mass is 10.0. The topological polar surface area (TPSA) is 38.5 Å². The van der Waals surface area contributed by atoms with E-state index in [1.807, 2.05) is 17.8 Å². The molecule has 19 heavy (non-hydrogen) atoms. The van der Waals surface area contributed by atoms with Crippen molar-refractivity contribution in [2.75, 3.05) is 32.2 Å². The summed E-state index contributed by atoms with van der Waals surface area (Å²) < 4.78 is 18.7. The highest BCUT2D eigenvalue weighted by Gasteiger charge is 2.26. The lowest BCUT2D eigenvalue weighted by Gasteiger charge is -2.32. The van der Waals surface area contributed by atoms with E-state index in [-0.39, 0.29) is 17.6 Å². The molecular weight excluding hydrogens is 263 g/mol. The Morgan fingerprint density at radius 3 is 2.89 bits per heavy atom. The Balaban J connectivity index is 2.18. The van der Waals surface area contributed by atoms with Gasteiger partial charge in [-0.1, -0.05) is 6.07 Å². The number of likely N-dealkylation sites (N-methyl/N-ethyl adjacent to an activating group) is 1.